The topological polar surface area (TPSA) is 59.8 Å². The number of hydrogen-bond acceptors (Lipinski definition) is 5. The number of rotatable bonds is 10. The van der Waals surface area contributed by atoms with E-state index < -0.39 is 0 Å². The number of benzene rings is 2. The lowest BCUT2D eigenvalue weighted by molar-refractivity contribution is 0.101. The third kappa shape index (κ3) is 5.09. The second-order valence-electron chi connectivity index (χ2n) is 8.12. The maximum absolute atomic E-state index is 10.3. The number of hydrogen-bond donors (Lipinski definition) is 1. The molecule has 1 heterocycles. The summed E-state index contributed by atoms with van der Waals surface area (Å²) in [6.45, 7) is 3.37. The van der Waals surface area contributed by atoms with Gasteiger partial charge in [0.05, 0.1) is 18.8 Å². The molecule has 1 aliphatic carbocycles. The lowest BCUT2D eigenvalue weighted by Crippen LogP contribution is -2.33. The average molecular weight is 422 g/mol. The van der Waals surface area contributed by atoms with Crippen LogP contribution in [0, 0.1) is 0 Å². The molecule has 0 saturated heterocycles. The maximum atomic E-state index is 10.3. The van der Waals surface area contributed by atoms with Crippen molar-refractivity contribution in [3.8, 4) is 28.6 Å². The molecule has 1 aromatic heterocycles. The molecule has 0 radical (unpaired) electrons. The standard InChI is InChI=1S/C25H31N3O3/c1-4-20(29)16-28(19-10-11-19)17-23-24(18-8-6-5-7-9-18)26-27(2)25(23)31-22-14-12-21(30-3)13-15-22/h5-9,12-15,19-20,29H,4,10-11,16-17H2,1-3H3/t20-/m1/s1. The van der Waals surface area contributed by atoms with Gasteiger partial charge in [-0.3, -0.25) is 4.90 Å². The largest absolute Gasteiger partial charge is 0.497 e. The Bertz CT molecular complexity index is 981. The van der Waals surface area contributed by atoms with Crippen LogP contribution in [0.2, 0.25) is 0 Å². The third-order valence-corrected chi connectivity index (χ3v) is 5.75. The van der Waals surface area contributed by atoms with Gasteiger partial charge < -0.3 is 14.6 Å². The number of nitrogens with zero attached hydrogens (tertiary/aromatic N) is 3. The van der Waals surface area contributed by atoms with Crippen LogP contribution in [0.25, 0.3) is 11.3 Å². The Morgan fingerprint density at radius 2 is 1.77 bits per heavy atom. The molecule has 1 atom stereocenters. The minimum Gasteiger partial charge on any atom is -0.497 e. The van der Waals surface area contributed by atoms with Gasteiger partial charge in [0, 0.05) is 31.7 Å². The summed E-state index contributed by atoms with van der Waals surface area (Å²) in [6, 6.07) is 18.3. The van der Waals surface area contributed by atoms with E-state index in [2.05, 4.69) is 17.0 Å². The van der Waals surface area contributed by atoms with Crippen LogP contribution >= 0.6 is 0 Å². The van der Waals surface area contributed by atoms with E-state index in [9.17, 15) is 5.11 Å². The van der Waals surface area contributed by atoms with Gasteiger partial charge in [0.1, 0.15) is 17.2 Å². The molecule has 1 fully saturated rings. The molecule has 0 spiro atoms. The van der Waals surface area contributed by atoms with Gasteiger partial charge in [-0.05, 0) is 43.5 Å². The van der Waals surface area contributed by atoms with E-state index in [4.69, 9.17) is 14.6 Å². The second kappa shape index (κ2) is 9.54. The minimum atomic E-state index is -0.330. The van der Waals surface area contributed by atoms with Crippen LogP contribution in [0.5, 0.6) is 17.4 Å². The van der Waals surface area contributed by atoms with Crippen LogP contribution in [0.4, 0.5) is 0 Å². The molecule has 6 nitrogen and oxygen atoms in total. The van der Waals surface area contributed by atoms with Crippen LogP contribution in [0.15, 0.2) is 54.6 Å². The van der Waals surface area contributed by atoms with Gasteiger partial charge in [0.25, 0.3) is 0 Å². The first kappa shape index (κ1) is 21.4. The Balaban J connectivity index is 1.70. The number of ether oxygens (including phenoxy) is 2. The first-order chi connectivity index (χ1) is 15.1. The van der Waals surface area contributed by atoms with Crippen LogP contribution < -0.4 is 9.47 Å². The van der Waals surface area contributed by atoms with Gasteiger partial charge in [0.2, 0.25) is 5.88 Å². The van der Waals surface area contributed by atoms with E-state index in [-0.39, 0.29) is 6.10 Å². The van der Waals surface area contributed by atoms with E-state index in [0.29, 0.717) is 19.1 Å². The molecule has 164 valence electrons. The van der Waals surface area contributed by atoms with Gasteiger partial charge in [-0.25, -0.2) is 4.68 Å². The summed E-state index contributed by atoms with van der Waals surface area (Å²) in [4.78, 5) is 2.37. The summed E-state index contributed by atoms with van der Waals surface area (Å²) in [6.07, 6.45) is 2.76. The monoisotopic (exact) mass is 421 g/mol. The molecule has 31 heavy (non-hydrogen) atoms. The van der Waals surface area contributed by atoms with E-state index in [1.807, 2.05) is 61.1 Å². The number of aryl methyl sites for hydroxylation is 1. The fourth-order valence-electron chi connectivity index (χ4n) is 3.79. The van der Waals surface area contributed by atoms with Gasteiger partial charge in [-0.15, -0.1) is 0 Å². The van der Waals surface area contributed by atoms with Crippen molar-refractivity contribution in [2.75, 3.05) is 13.7 Å². The van der Waals surface area contributed by atoms with Crippen molar-refractivity contribution in [2.24, 2.45) is 7.05 Å². The van der Waals surface area contributed by atoms with Gasteiger partial charge in [-0.2, -0.15) is 5.10 Å². The van der Waals surface area contributed by atoms with Crippen LogP contribution in [-0.4, -0.2) is 45.6 Å². The minimum absolute atomic E-state index is 0.330. The zero-order valence-corrected chi connectivity index (χ0v) is 18.5. The fourth-order valence-corrected chi connectivity index (χ4v) is 3.79. The molecule has 1 saturated carbocycles. The van der Waals surface area contributed by atoms with Crippen molar-refractivity contribution in [1.29, 1.82) is 0 Å². The highest BCUT2D eigenvalue weighted by Gasteiger charge is 2.32. The van der Waals surface area contributed by atoms with Crippen LogP contribution in [0.1, 0.15) is 31.7 Å². The summed E-state index contributed by atoms with van der Waals surface area (Å²) < 4.78 is 13.4. The highest BCUT2D eigenvalue weighted by Crippen LogP contribution is 2.37. The van der Waals surface area contributed by atoms with Crippen molar-refractivity contribution in [3.63, 3.8) is 0 Å². The highest BCUT2D eigenvalue weighted by atomic mass is 16.5. The number of methoxy groups -OCH3 is 1. The van der Waals surface area contributed by atoms with Crippen LogP contribution in [-0.2, 0) is 13.6 Å². The smallest absolute Gasteiger partial charge is 0.222 e. The number of aliphatic hydroxyl groups is 1. The first-order valence-corrected chi connectivity index (χ1v) is 10.9. The van der Waals surface area contributed by atoms with Crippen molar-refractivity contribution >= 4 is 0 Å². The van der Waals surface area contributed by atoms with Crippen molar-refractivity contribution in [2.45, 2.75) is 44.9 Å². The predicted octanol–water partition coefficient (Wildman–Crippen LogP) is 4.62. The van der Waals surface area contributed by atoms with E-state index in [1.165, 1.54) is 12.8 Å². The lowest BCUT2D eigenvalue weighted by atomic mass is 10.1. The summed E-state index contributed by atoms with van der Waals surface area (Å²) in [5.41, 5.74) is 3.02. The Hall–Kier alpha value is -2.83. The molecule has 0 unspecified atom stereocenters. The zero-order chi connectivity index (χ0) is 21.8. The highest BCUT2D eigenvalue weighted by molar-refractivity contribution is 5.65. The Kier molecular flexibility index (Phi) is 6.59. The summed E-state index contributed by atoms with van der Waals surface area (Å²) in [5.74, 6) is 2.24. The molecule has 0 aliphatic heterocycles. The van der Waals surface area contributed by atoms with Crippen molar-refractivity contribution in [1.82, 2.24) is 14.7 Å². The Morgan fingerprint density at radius 3 is 2.39 bits per heavy atom. The van der Waals surface area contributed by atoms with E-state index in [0.717, 1.165) is 40.6 Å². The number of aliphatic hydroxyl groups excluding tert-OH is 1. The predicted molar refractivity (Wildman–Crippen MR) is 121 cm³/mol. The molecule has 0 bridgehead atoms. The zero-order valence-electron chi connectivity index (χ0n) is 18.5. The normalized spacial score (nSPS) is 14.6. The van der Waals surface area contributed by atoms with Crippen molar-refractivity contribution < 1.29 is 14.6 Å². The molecule has 3 aromatic rings. The molecule has 1 aliphatic rings. The fraction of sp³-hybridized carbons (Fsp3) is 0.400. The average Bonchev–Trinajstić information content (AvgIpc) is 3.61. The summed E-state index contributed by atoms with van der Waals surface area (Å²) >= 11 is 0. The van der Waals surface area contributed by atoms with Gasteiger partial charge >= 0.3 is 0 Å². The van der Waals surface area contributed by atoms with Crippen molar-refractivity contribution in [3.05, 3.63) is 60.2 Å². The quantitative estimate of drug-likeness (QED) is 0.517. The van der Waals surface area contributed by atoms with Crippen LogP contribution in [0.3, 0.4) is 0 Å². The van der Waals surface area contributed by atoms with Gasteiger partial charge in [-0.1, -0.05) is 37.3 Å². The molecule has 2 aromatic carbocycles. The molecular formula is C25H31N3O3. The Labute approximate surface area is 184 Å². The maximum Gasteiger partial charge on any atom is 0.222 e. The SMILES string of the molecule is CC[C@@H](O)CN(Cc1c(-c2ccccc2)nn(C)c1Oc1ccc(OC)cc1)C1CC1. The van der Waals surface area contributed by atoms with E-state index >= 15 is 0 Å². The molecule has 4 rings (SSSR count). The first-order valence-electron chi connectivity index (χ1n) is 10.9. The lowest BCUT2D eigenvalue weighted by Gasteiger charge is -2.25. The summed E-state index contributed by atoms with van der Waals surface area (Å²) in [7, 11) is 3.57. The molecular weight excluding hydrogens is 390 g/mol. The third-order valence-electron chi connectivity index (χ3n) is 5.75. The van der Waals surface area contributed by atoms with Gasteiger partial charge in [0.15, 0.2) is 0 Å². The molecule has 0 amide bonds. The Morgan fingerprint density at radius 1 is 1.10 bits per heavy atom. The molecule has 6 heteroatoms. The van der Waals surface area contributed by atoms with E-state index in [1.54, 1.807) is 7.11 Å². The summed E-state index contributed by atoms with van der Waals surface area (Å²) in [5, 5.41) is 15.1. The molecule has 1 N–H and O–H groups in total. The number of aromatic nitrogens is 2. The second-order valence-corrected chi connectivity index (χ2v) is 8.12.